The second-order valence-electron chi connectivity index (χ2n) is 5.16. The van der Waals surface area contributed by atoms with Crippen LogP contribution < -0.4 is 0 Å². The molecule has 0 aromatic heterocycles. The van der Waals surface area contributed by atoms with Crippen molar-refractivity contribution in [1.29, 1.82) is 0 Å². The smallest absolute Gasteiger partial charge is 0.306 e. The Morgan fingerprint density at radius 1 is 1.40 bits per heavy atom. The van der Waals surface area contributed by atoms with Crippen LogP contribution >= 0.6 is 0 Å². The largest absolute Gasteiger partial charge is 0.481 e. The number of carboxylic acids is 1. The summed E-state index contributed by atoms with van der Waals surface area (Å²) in [4.78, 5) is 10.8. The van der Waals surface area contributed by atoms with Gasteiger partial charge in [0.2, 0.25) is 0 Å². The molecular weight excluding hydrogens is 216 g/mol. The van der Waals surface area contributed by atoms with Crippen LogP contribution in [0.25, 0.3) is 0 Å². The van der Waals surface area contributed by atoms with Crippen LogP contribution in [0.5, 0.6) is 0 Å². The van der Waals surface area contributed by atoms with E-state index in [0.29, 0.717) is 12.8 Å². The molecule has 0 aromatic carbocycles. The van der Waals surface area contributed by atoms with Crippen molar-refractivity contribution in [2.75, 3.05) is 5.75 Å². The third kappa shape index (κ3) is 1.48. The van der Waals surface area contributed by atoms with Crippen molar-refractivity contribution in [3.63, 3.8) is 0 Å². The Kier molecular flexibility index (Phi) is 2.16. The molecular formula is C10H16O4S. The maximum absolute atomic E-state index is 11.8. The van der Waals surface area contributed by atoms with Crippen LogP contribution in [0.3, 0.4) is 0 Å². The molecule has 2 rings (SSSR count). The first kappa shape index (κ1) is 10.9. The summed E-state index contributed by atoms with van der Waals surface area (Å²) < 4.78 is 22.8. The van der Waals surface area contributed by atoms with Gasteiger partial charge in [0.05, 0.1) is 16.4 Å². The van der Waals surface area contributed by atoms with Crippen molar-refractivity contribution in [2.45, 2.75) is 31.4 Å². The van der Waals surface area contributed by atoms with Gasteiger partial charge in [-0.25, -0.2) is 8.42 Å². The fraction of sp³-hybridized carbons (Fsp3) is 0.900. The van der Waals surface area contributed by atoms with Crippen LogP contribution in [0, 0.1) is 17.8 Å². The van der Waals surface area contributed by atoms with Gasteiger partial charge in [-0.1, -0.05) is 0 Å². The van der Waals surface area contributed by atoms with Gasteiger partial charge in [0.25, 0.3) is 0 Å². The van der Waals surface area contributed by atoms with Gasteiger partial charge in [-0.15, -0.1) is 0 Å². The van der Waals surface area contributed by atoms with E-state index in [-0.39, 0.29) is 23.5 Å². The third-order valence-corrected chi connectivity index (χ3v) is 6.74. The highest BCUT2D eigenvalue weighted by atomic mass is 32.2. The number of sulfone groups is 1. The molecule has 0 aromatic rings. The predicted octanol–water partition coefficient (Wildman–Crippen LogP) is 0.920. The highest BCUT2D eigenvalue weighted by Crippen LogP contribution is 2.54. The Morgan fingerprint density at radius 2 is 2.00 bits per heavy atom. The Bertz CT molecular complexity index is 396. The molecule has 4 nitrogen and oxygen atoms in total. The molecule has 0 radical (unpaired) electrons. The molecule has 0 bridgehead atoms. The fourth-order valence-corrected chi connectivity index (χ4v) is 4.64. The lowest BCUT2D eigenvalue weighted by Gasteiger charge is -2.25. The minimum Gasteiger partial charge on any atom is -0.481 e. The van der Waals surface area contributed by atoms with Crippen molar-refractivity contribution in [2.24, 2.45) is 17.8 Å². The van der Waals surface area contributed by atoms with E-state index < -0.39 is 20.6 Å². The van der Waals surface area contributed by atoms with Crippen LogP contribution in [0.2, 0.25) is 0 Å². The number of hydrogen-bond acceptors (Lipinski definition) is 3. The molecule has 1 heterocycles. The monoisotopic (exact) mass is 232 g/mol. The molecule has 2 fully saturated rings. The first-order chi connectivity index (χ1) is 6.77. The molecule has 5 heteroatoms. The summed E-state index contributed by atoms with van der Waals surface area (Å²) in [5.41, 5.74) is 0. The van der Waals surface area contributed by atoms with Crippen LogP contribution in [-0.4, -0.2) is 30.0 Å². The quantitative estimate of drug-likeness (QED) is 0.768. The van der Waals surface area contributed by atoms with Gasteiger partial charge in [0.1, 0.15) is 0 Å². The first-order valence-electron chi connectivity index (χ1n) is 5.22. The van der Waals surface area contributed by atoms with Crippen LogP contribution in [0.4, 0.5) is 0 Å². The average Bonchev–Trinajstić information content (AvgIpc) is 2.79. The molecule has 86 valence electrons. The lowest BCUT2D eigenvalue weighted by atomic mass is 9.87. The second kappa shape index (κ2) is 2.97. The SMILES string of the molecule is CC1(C)C(C2CC2C(=O)O)CCS1(=O)=O. The Labute approximate surface area is 89.6 Å². The minimum atomic E-state index is -3.02. The molecule has 15 heavy (non-hydrogen) atoms. The minimum absolute atomic E-state index is 0.0311. The van der Waals surface area contributed by atoms with E-state index in [1.165, 1.54) is 0 Å². The number of carbonyl (C=O) groups is 1. The Hall–Kier alpha value is -0.580. The summed E-state index contributed by atoms with van der Waals surface area (Å²) in [5.74, 6) is -0.755. The van der Waals surface area contributed by atoms with Gasteiger partial charge in [-0.2, -0.15) is 0 Å². The normalized spacial score (nSPS) is 41.3. The molecule has 1 aliphatic heterocycles. The van der Waals surface area contributed by atoms with Gasteiger partial charge in [0, 0.05) is 0 Å². The van der Waals surface area contributed by atoms with Gasteiger partial charge in [-0.3, -0.25) is 4.79 Å². The lowest BCUT2D eigenvalue weighted by molar-refractivity contribution is -0.139. The highest BCUT2D eigenvalue weighted by Gasteiger charge is 2.58. The van der Waals surface area contributed by atoms with Crippen molar-refractivity contribution >= 4 is 15.8 Å². The molecule has 1 saturated carbocycles. The van der Waals surface area contributed by atoms with E-state index in [1.807, 2.05) is 0 Å². The van der Waals surface area contributed by atoms with Crippen molar-refractivity contribution in [3.8, 4) is 0 Å². The first-order valence-corrected chi connectivity index (χ1v) is 6.87. The number of carboxylic acid groups (broad SMARTS) is 1. The van der Waals surface area contributed by atoms with E-state index in [0.717, 1.165) is 0 Å². The zero-order valence-corrected chi connectivity index (χ0v) is 9.75. The van der Waals surface area contributed by atoms with Crippen molar-refractivity contribution in [3.05, 3.63) is 0 Å². The van der Waals surface area contributed by atoms with Crippen LogP contribution in [0.15, 0.2) is 0 Å². The molecule has 3 atom stereocenters. The summed E-state index contributed by atoms with van der Waals surface area (Å²) >= 11 is 0. The summed E-state index contributed by atoms with van der Waals surface area (Å²) in [6.07, 6.45) is 1.28. The van der Waals surface area contributed by atoms with E-state index >= 15 is 0 Å². The van der Waals surface area contributed by atoms with Crippen LogP contribution in [0.1, 0.15) is 26.7 Å². The van der Waals surface area contributed by atoms with Gasteiger partial charge < -0.3 is 5.11 Å². The Morgan fingerprint density at radius 3 is 2.33 bits per heavy atom. The van der Waals surface area contributed by atoms with E-state index in [1.54, 1.807) is 13.8 Å². The summed E-state index contributed by atoms with van der Waals surface area (Å²) in [5, 5.41) is 8.83. The molecule has 1 N–H and O–H groups in total. The van der Waals surface area contributed by atoms with Gasteiger partial charge >= 0.3 is 5.97 Å². The van der Waals surface area contributed by atoms with Crippen LogP contribution in [-0.2, 0) is 14.6 Å². The Balaban J connectivity index is 2.18. The van der Waals surface area contributed by atoms with Crippen molar-refractivity contribution in [1.82, 2.24) is 0 Å². The van der Waals surface area contributed by atoms with E-state index in [9.17, 15) is 13.2 Å². The average molecular weight is 232 g/mol. The topological polar surface area (TPSA) is 71.4 Å². The third-order valence-electron chi connectivity index (χ3n) is 4.07. The second-order valence-corrected chi connectivity index (χ2v) is 7.85. The predicted molar refractivity (Wildman–Crippen MR) is 55.2 cm³/mol. The molecule has 3 unspecified atom stereocenters. The van der Waals surface area contributed by atoms with Crippen molar-refractivity contribution < 1.29 is 18.3 Å². The standard InChI is InChI=1S/C10H16O4S/c1-10(2)8(3-4-15(10,13)14)6-5-7(6)9(11)12/h6-8H,3-5H2,1-2H3,(H,11,12). The van der Waals surface area contributed by atoms with Gasteiger partial charge in [0.15, 0.2) is 9.84 Å². The number of rotatable bonds is 2. The highest BCUT2D eigenvalue weighted by molar-refractivity contribution is 7.93. The number of aliphatic carboxylic acids is 1. The van der Waals surface area contributed by atoms with E-state index in [4.69, 9.17) is 5.11 Å². The maximum atomic E-state index is 11.8. The number of hydrogen-bond donors (Lipinski definition) is 1. The fourth-order valence-electron chi connectivity index (χ4n) is 2.80. The maximum Gasteiger partial charge on any atom is 0.306 e. The molecule has 1 saturated heterocycles. The van der Waals surface area contributed by atoms with Gasteiger partial charge in [-0.05, 0) is 38.5 Å². The van der Waals surface area contributed by atoms with E-state index in [2.05, 4.69) is 0 Å². The molecule has 0 spiro atoms. The molecule has 1 aliphatic carbocycles. The zero-order valence-electron chi connectivity index (χ0n) is 8.93. The molecule has 0 amide bonds. The summed E-state index contributed by atoms with van der Waals surface area (Å²) in [7, 11) is -3.02. The summed E-state index contributed by atoms with van der Waals surface area (Å²) in [6, 6.07) is 0. The lowest BCUT2D eigenvalue weighted by Crippen LogP contribution is -2.35. The zero-order chi connectivity index (χ0) is 11.4. The summed E-state index contributed by atoms with van der Waals surface area (Å²) in [6.45, 7) is 3.47. The molecule has 2 aliphatic rings.